The number of pyridine rings is 1. The largest absolute Gasteiger partial charge is 0.352 e. The van der Waals surface area contributed by atoms with Crippen molar-refractivity contribution >= 4 is 5.91 Å². The van der Waals surface area contributed by atoms with Gasteiger partial charge in [0.05, 0.1) is 5.56 Å². The number of aromatic nitrogens is 1. The fraction of sp³-hybridized carbons (Fsp3) is 0.467. The number of nitrogens with zero attached hydrogens (tertiary/aromatic N) is 1. The number of allylic oxidation sites excluding steroid dienone is 1. The Morgan fingerprint density at radius 3 is 2.78 bits per heavy atom. The summed E-state index contributed by atoms with van der Waals surface area (Å²) in [6.45, 7) is 6.68. The van der Waals surface area contributed by atoms with E-state index < -0.39 is 0 Å². The van der Waals surface area contributed by atoms with E-state index in [0.717, 1.165) is 37.9 Å². The highest BCUT2D eigenvalue weighted by Gasteiger charge is 2.16. The Balaban J connectivity index is 1.81. The van der Waals surface area contributed by atoms with Gasteiger partial charge in [-0.25, -0.2) is 0 Å². The van der Waals surface area contributed by atoms with E-state index in [0.29, 0.717) is 11.5 Å². The molecule has 1 aromatic rings. The van der Waals surface area contributed by atoms with Crippen LogP contribution in [0, 0.1) is 12.8 Å². The molecule has 3 nitrogen and oxygen atoms in total. The molecule has 2 rings (SSSR count). The van der Waals surface area contributed by atoms with Crippen LogP contribution in [0.1, 0.15) is 41.7 Å². The first-order valence-corrected chi connectivity index (χ1v) is 6.52. The second kappa shape index (κ2) is 5.80. The molecule has 0 bridgehead atoms. The maximum absolute atomic E-state index is 11.9. The predicted molar refractivity (Wildman–Crippen MR) is 72.4 cm³/mol. The molecule has 1 saturated carbocycles. The SMILES string of the molecule is C=C1CCC(CNC(=O)c2ccc(C)nc2)CC1. The van der Waals surface area contributed by atoms with E-state index in [-0.39, 0.29) is 5.91 Å². The van der Waals surface area contributed by atoms with Gasteiger partial charge in [-0.15, -0.1) is 0 Å². The molecule has 1 fully saturated rings. The van der Waals surface area contributed by atoms with Crippen molar-refractivity contribution in [2.24, 2.45) is 5.92 Å². The Bertz CT molecular complexity index is 426. The topological polar surface area (TPSA) is 42.0 Å². The number of nitrogens with one attached hydrogen (secondary N) is 1. The molecule has 1 aromatic heterocycles. The molecule has 1 heterocycles. The normalized spacial score (nSPS) is 16.6. The molecule has 0 aliphatic heterocycles. The zero-order valence-corrected chi connectivity index (χ0v) is 10.9. The summed E-state index contributed by atoms with van der Waals surface area (Å²) in [5.74, 6) is 0.574. The molecule has 1 N–H and O–H groups in total. The van der Waals surface area contributed by atoms with Gasteiger partial charge in [0.25, 0.3) is 5.91 Å². The Hall–Kier alpha value is -1.64. The van der Waals surface area contributed by atoms with Crippen LogP contribution in [0.5, 0.6) is 0 Å². The van der Waals surface area contributed by atoms with Crippen LogP contribution in [0.25, 0.3) is 0 Å². The molecule has 1 aliphatic rings. The summed E-state index contributed by atoms with van der Waals surface area (Å²) in [4.78, 5) is 16.0. The van der Waals surface area contributed by atoms with Crippen molar-refractivity contribution in [2.75, 3.05) is 6.54 Å². The second-order valence-electron chi connectivity index (χ2n) is 5.09. The van der Waals surface area contributed by atoms with E-state index in [1.807, 2.05) is 19.1 Å². The molecule has 1 amide bonds. The van der Waals surface area contributed by atoms with Gasteiger partial charge in [-0.3, -0.25) is 9.78 Å². The van der Waals surface area contributed by atoms with Crippen LogP contribution < -0.4 is 5.32 Å². The first-order valence-electron chi connectivity index (χ1n) is 6.52. The minimum absolute atomic E-state index is 0.0214. The van der Waals surface area contributed by atoms with E-state index in [9.17, 15) is 4.79 Å². The fourth-order valence-electron chi connectivity index (χ4n) is 2.23. The summed E-state index contributed by atoms with van der Waals surface area (Å²) >= 11 is 0. The molecule has 0 atom stereocenters. The number of hydrogen-bond acceptors (Lipinski definition) is 2. The van der Waals surface area contributed by atoms with Gasteiger partial charge in [0.1, 0.15) is 0 Å². The standard InChI is InChI=1S/C15H20N2O/c1-11-3-6-13(7-4-11)9-17-15(18)14-8-5-12(2)16-10-14/h5,8,10,13H,1,3-4,6-7,9H2,2H3,(H,17,18). The Morgan fingerprint density at radius 2 is 2.17 bits per heavy atom. The quantitative estimate of drug-likeness (QED) is 0.831. The third-order valence-electron chi connectivity index (χ3n) is 3.54. The number of amides is 1. The van der Waals surface area contributed by atoms with Crippen LogP contribution in [0.3, 0.4) is 0 Å². The molecular weight excluding hydrogens is 224 g/mol. The van der Waals surface area contributed by atoms with Crippen molar-refractivity contribution in [3.8, 4) is 0 Å². The van der Waals surface area contributed by atoms with Crippen molar-refractivity contribution < 1.29 is 4.79 Å². The summed E-state index contributed by atoms with van der Waals surface area (Å²) in [5.41, 5.74) is 2.92. The van der Waals surface area contributed by atoms with Crippen molar-refractivity contribution in [1.82, 2.24) is 10.3 Å². The molecule has 96 valence electrons. The number of rotatable bonds is 3. The first-order chi connectivity index (χ1) is 8.65. The van der Waals surface area contributed by atoms with Gasteiger partial charge in [0.2, 0.25) is 0 Å². The molecule has 1 aliphatic carbocycles. The predicted octanol–water partition coefficient (Wildman–Crippen LogP) is 2.87. The number of hydrogen-bond donors (Lipinski definition) is 1. The van der Waals surface area contributed by atoms with Gasteiger partial charge in [-0.1, -0.05) is 12.2 Å². The average molecular weight is 244 g/mol. The van der Waals surface area contributed by atoms with Crippen molar-refractivity contribution in [2.45, 2.75) is 32.6 Å². The zero-order chi connectivity index (χ0) is 13.0. The highest BCUT2D eigenvalue weighted by molar-refractivity contribution is 5.93. The maximum atomic E-state index is 11.9. The van der Waals surface area contributed by atoms with Gasteiger partial charge < -0.3 is 5.32 Å². The summed E-state index contributed by atoms with van der Waals surface area (Å²) in [6.07, 6.45) is 6.13. The van der Waals surface area contributed by atoms with Crippen LogP contribution in [-0.4, -0.2) is 17.4 Å². The van der Waals surface area contributed by atoms with Crippen LogP contribution in [0.4, 0.5) is 0 Å². The molecule has 18 heavy (non-hydrogen) atoms. The van der Waals surface area contributed by atoms with Gasteiger partial charge in [-0.2, -0.15) is 0 Å². The summed E-state index contributed by atoms with van der Waals surface area (Å²) < 4.78 is 0. The van der Waals surface area contributed by atoms with Gasteiger partial charge >= 0.3 is 0 Å². The third kappa shape index (κ3) is 3.42. The van der Waals surface area contributed by atoms with Crippen molar-refractivity contribution in [1.29, 1.82) is 0 Å². The van der Waals surface area contributed by atoms with E-state index >= 15 is 0 Å². The number of carbonyl (C=O) groups is 1. The smallest absolute Gasteiger partial charge is 0.252 e. The minimum Gasteiger partial charge on any atom is -0.352 e. The minimum atomic E-state index is -0.0214. The van der Waals surface area contributed by atoms with Gasteiger partial charge in [-0.05, 0) is 50.7 Å². The lowest BCUT2D eigenvalue weighted by Crippen LogP contribution is -2.30. The molecule has 0 unspecified atom stereocenters. The highest BCUT2D eigenvalue weighted by atomic mass is 16.1. The van der Waals surface area contributed by atoms with Crippen molar-refractivity contribution in [3.05, 3.63) is 41.7 Å². The average Bonchev–Trinajstić information content (AvgIpc) is 2.38. The van der Waals surface area contributed by atoms with Crippen LogP contribution in [0.2, 0.25) is 0 Å². The van der Waals surface area contributed by atoms with Gasteiger partial charge in [0, 0.05) is 18.4 Å². The molecule has 0 spiro atoms. The zero-order valence-electron chi connectivity index (χ0n) is 10.9. The third-order valence-corrected chi connectivity index (χ3v) is 3.54. The Labute approximate surface area is 108 Å². The fourth-order valence-corrected chi connectivity index (χ4v) is 2.23. The lowest BCUT2D eigenvalue weighted by Gasteiger charge is -2.23. The lowest BCUT2D eigenvalue weighted by molar-refractivity contribution is 0.0944. The molecule has 0 saturated heterocycles. The van der Waals surface area contributed by atoms with E-state index in [1.165, 1.54) is 5.57 Å². The van der Waals surface area contributed by atoms with Crippen LogP contribution >= 0.6 is 0 Å². The second-order valence-corrected chi connectivity index (χ2v) is 5.09. The maximum Gasteiger partial charge on any atom is 0.252 e. The monoisotopic (exact) mass is 244 g/mol. The van der Waals surface area contributed by atoms with E-state index in [2.05, 4.69) is 16.9 Å². The Kier molecular flexibility index (Phi) is 4.13. The van der Waals surface area contributed by atoms with Crippen LogP contribution in [-0.2, 0) is 0 Å². The molecule has 3 heteroatoms. The lowest BCUT2D eigenvalue weighted by atomic mass is 9.86. The summed E-state index contributed by atoms with van der Waals surface area (Å²) in [5, 5.41) is 2.99. The molecule has 0 radical (unpaired) electrons. The van der Waals surface area contributed by atoms with Crippen LogP contribution in [0.15, 0.2) is 30.5 Å². The van der Waals surface area contributed by atoms with E-state index in [1.54, 1.807) is 6.20 Å². The summed E-state index contributed by atoms with van der Waals surface area (Å²) in [6, 6.07) is 3.68. The Morgan fingerprint density at radius 1 is 1.44 bits per heavy atom. The number of aryl methyl sites for hydroxylation is 1. The number of carbonyl (C=O) groups excluding carboxylic acids is 1. The summed E-state index contributed by atoms with van der Waals surface area (Å²) in [7, 11) is 0. The van der Waals surface area contributed by atoms with Crippen molar-refractivity contribution in [3.63, 3.8) is 0 Å². The highest BCUT2D eigenvalue weighted by Crippen LogP contribution is 2.26. The molecular formula is C15H20N2O. The molecule has 0 aromatic carbocycles. The first kappa shape index (κ1) is 12.8. The van der Waals surface area contributed by atoms with E-state index in [4.69, 9.17) is 0 Å². The van der Waals surface area contributed by atoms with Gasteiger partial charge in [0.15, 0.2) is 0 Å².